The zero-order valence-corrected chi connectivity index (χ0v) is 26.6. The first-order valence-corrected chi connectivity index (χ1v) is 15.0. The van der Waals surface area contributed by atoms with Gasteiger partial charge in [0.15, 0.2) is 18.1 Å². The summed E-state index contributed by atoms with van der Waals surface area (Å²) in [4.78, 5) is 32.6. The minimum absolute atomic E-state index is 0.0110. The summed E-state index contributed by atoms with van der Waals surface area (Å²) in [5, 5.41) is 5.04. The van der Waals surface area contributed by atoms with Crippen molar-refractivity contribution in [2.75, 3.05) is 39.5 Å². The van der Waals surface area contributed by atoms with Gasteiger partial charge in [-0.3, -0.25) is 9.59 Å². The molecule has 1 fully saturated rings. The topological polar surface area (TPSA) is 95.2 Å². The van der Waals surface area contributed by atoms with Crippen molar-refractivity contribution in [3.8, 4) is 11.5 Å². The zero-order chi connectivity index (χ0) is 28.1. The lowest BCUT2D eigenvalue weighted by Gasteiger charge is -2.27. The summed E-state index contributed by atoms with van der Waals surface area (Å²) in [5.74, 6) is 1.31. The minimum Gasteiger partial charge on any atom is -0.490 e. The molecule has 1 amide bonds. The van der Waals surface area contributed by atoms with Gasteiger partial charge in [-0.1, -0.05) is 29.8 Å². The highest BCUT2D eigenvalue weighted by molar-refractivity contribution is 9.13. The van der Waals surface area contributed by atoms with E-state index in [1.807, 2.05) is 32.9 Å². The molecule has 208 valence electrons. The smallest absolute Gasteiger partial charge is 0.282 e. The second-order valence-electron chi connectivity index (χ2n) is 8.94. The predicted molar refractivity (Wildman–Crippen MR) is 161 cm³/mol. The van der Waals surface area contributed by atoms with Crippen LogP contribution in [0.4, 0.5) is 0 Å². The monoisotopic (exact) mass is 726 g/mol. The summed E-state index contributed by atoms with van der Waals surface area (Å²) >= 11 is 10.6. The van der Waals surface area contributed by atoms with Gasteiger partial charge in [-0.15, -0.1) is 0 Å². The van der Waals surface area contributed by atoms with Gasteiger partial charge in [0, 0.05) is 33.5 Å². The molecule has 0 aliphatic carbocycles. The van der Waals surface area contributed by atoms with E-state index in [0.717, 1.165) is 10.9 Å². The Morgan fingerprint density at radius 2 is 1.90 bits per heavy atom. The minimum atomic E-state index is -0.255. The second kappa shape index (κ2) is 13.4. The van der Waals surface area contributed by atoms with Crippen molar-refractivity contribution in [3.63, 3.8) is 0 Å². The number of hydrogen-bond acceptors (Lipinski definition) is 7. The number of nitrogens with zero attached hydrogens (tertiary/aromatic N) is 4. The number of amides is 1. The average molecular weight is 729 g/mol. The van der Waals surface area contributed by atoms with Crippen LogP contribution < -0.4 is 15.0 Å². The van der Waals surface area contributed by atoms with Gasteiger partial charge in [0.2, 0.25) is 0 Å². The van der Waals surface area contributed by atoms with Crippen molar-refractivity contribution in [2.24, 2.45) is 5.10 Å². The summed E-state index contributed by atoms with van der Waals surface area (Å²) in [6.07, 6.45) is 2.38. The van der Waals surface area contributed by atoms with E-state index in [4.69, 9.17) is 19.2 Å². The Morgan fingerprint density at radius 1 is 1.15 bits per heavy atom. The van der Waals surface area contributed by atoms with Crippen LogP contribution in [-0.2, 0) is 9.53 Å². The first-order chi connectivity index (χ1) is 18.7. The van der Waals surface area contributed by atoms with E-state index < -0.39 is 0 Å². The number of morpholine rings is 1. The van der Waals surface area contributed by atoms with Crippen molar-refractivity contribution < 1.29 is 19.0 Å². The van der Waals surface area contributed by atoms with Crippen molar-refractivity contribution in [3.05, 3.63) is 59.4 Å². The SMILES string of the molecule is CCOc1cc(C=Nn2c([C@@H](C)CC)nc3ccc(Br)cc3c2=O)c(Br)c(Br)c1OCC(=O)N1CCOCC1. The van der Waals surface area contributed by atoms with Crippen LogP contribution >= 0.6 is 47.8 Å². The standard InChI is InChI=1S/C27H29Br3N4O5/c1-4-16(3)26-32-20-7-6-18(28)13-19(20)27(36)34(26)31-14-17-12-21(38-5-2)25(24(30)23(17)29)39-15-22(35)33-8-10-37-11-9-33/h6-7,12-14,16H,4-5,8-11,15H2,1-3H3/t16-/m0/s1. The molecule has 1 saturated heterocycles. The number of aromatic nitrogens is 2. The second-order valence-corrected chi connectivity index (χ2v) is 11.4. The van der Waals surface area contributed by atoms with Gasteiger partial charge in [0.1, 0.15) is 5.82 Å². The van der Waals surface area contributed by atoms with Crippen LogP contribution in [0.15, 0.2) is 47.6 Å². The molecule has 12 heteroatoms. The Morgan fingerprint density at radius 3 is 2.59 bits per heavy atom. The molecule has 1 atom stereocenters. The first-order valence-electron chi connectivity index (χ1n) is 12.6. The van der Waals surface area contributed by atoms with E-state index >= 15 is 0 Å². The van der Waals surface area contributed by atoms with E-state index in [-0.39, 0.29) is 24.0 Å². The fourth-order valence-corrected chi connectivity index (χ4v) is 5.33. The quantitative estimate of drug-likeness (QED) is 0.262. The fraction of sp³-hybridized carbons (Fsp3) is 0.407. The maximum Gasteiger partial charge on any atom is 0.282 e. The molecule has 1 aliphatic heterocycles. The molecule has 39 heavy (non-hydrogen) atoms. The maximum atomic E-state index is 13.5. The van der Waals surface area contributed by atoms with E-state index in [1.54, 1.807) is 23.2 Å². The van der Waals surface area contributed by atoms with Gasteiger partial charge in [-0.2, -0.15) is 9.78 Å². The van der Waals surface area contributed by atoms with Gasteiger partial charge in [0.05, 0.1) is 41.4 Å². The molecule has 0 spiro atoms. The average Bonchev–Trinajstić information content (AvgIpc) is 2.94. The van der Waals surface area contributed by atoms with E-state index in [0.29, 0.717) is 75.6 Å². The fourth-order valence-electron chi connectivity index (χ4n) is 4.03. The molecular formula is C27H29Br3N4O5. The lowest BCUT2D eigenvalue weighted by Crippen LogP contribution is -2.43. The number of ether oxygens (including phenoxy) is 3. The van der Waals surface area contributed by atoms with Crippen LogP contribution in [0.2, 0.25) is 0 Å². The van der Waals surface area contributed by atoms with Crippen LogP contribution in [0, 0.1) is 0 Å². The Bertz CT molecular complexity index is 1450. The van der Waals surface area contributed by atoms with E-state index in [2.05, 4.69) is 52.9 Å². The maximum absolute atomic E-state index is 13.5. The van der Waals surface area contributed by atoms with Gasteiger partial charge >= 0.3 is 0 Å². The zero-order valence-electron chi connectivity index (χ0n) is 21.9. The Hall–Kier alpha value is -2.28. The molecule has 0 radical (unpaired) electrons. The number of hydrogen-bond donors (Lipinski definition) is 0. The Kier molecular flexibility index (Phi) is 10.2. The molecule has 0 N–H and O–H groups in total. The number of carbonyl (C=O) groups is 1. The molecule has 4 rings (SSSR count). The van der Waals surface area contributed by atoms with Crippen LogP contribution in [0.3, 0.4) is 0 Å². The molecule has 0 bridgehead atoms. The molecule has 1 aromatic heterocycles. The Labute approximate surface area is 251 Å². The van der Waals surface area contributed by atoms with E-state index in [1.165, 1.54) is 4.68 Å². The van der Waals surface area contributed by atoms with E-state index in [9.17, 15) is 9.59 Å². The van der Waals surface area contributed by atoms with Crippen molar-refractivity contribution >= 4 is 70.8 Å². The number of carbonyl (C=O) groups excluding carboxylic acids is 1. The largest absolute Gasteiger partial charge is 0.490 e. The molecule has 3 aromatic rings. The summed E-state index contributed by atoms with van der Waals surface area (Å²) in [5.41, 5.74) is 1.02. The number of halogens is 3. The lowest BCUT2D eigenvalue weighted by molar-refractivity contribution is -0.137. The molecule has 0 unspecified atom stereocenters. The summed E-state index contributed by atoms with van der Waals surface area (Å²) < 4.78 is 20.4. The molecule has 9 nitrogen and oxygen atoms in total. The van der Waals surface area contributed by atoms with Crippen molar-refractivity contribution in [1.82, 2.24) is 14.6 Å². The first kappa shape index (κ1) is 29.7. The highest BCUT2D eigenvalue weighted by Gasteiger charge is 2.22. The highest BCUT2D eigenvalue weighted by atomic mass is 79.9. The van der Waals surface area contributed by atoms with Crippen LogP contribution in [-0.4, -0.2) is 66.2 Å². The third kappa shape index (κ3) is 6.72. The van der Waals surface area contributed by atoms with Crippen molar-refractivity contribution in [2.45, 2.75) is 33.1 Å². The highest BCUT2D eigenvalue weighted by Crippen LogP contribution is 2.42. The molecule has 2 aromatic carbocycles. The summed E-state index contributed by atoms with van der Waals surface area (Å²) in [6, 6.07) is 7.20. The number of rotatable bonds is 9. The lowest BCUT2D eigenvalue weighted by atomic mass is 10.1. The van der Waals surface area contributed by atoms with Gasteiger partial charge in [-0.25, -0.2) is 4.98 Å². The van der Waals surface area contributed by atoms with Gasteiger partial charge in [-0.05, 0) is 69.5 Å². The van der Waals surface area contributed by atoms with Gasteiger partial charge < -0.3 is 19.1 Å². The predicted octanol–water partition coefficient (Wildman–Crippen LogP) is 5.72. The van der Waals surface area contributed by atoms with Crippen molar-refractivity contribution in [1.29, 1.82) is 0 Å². The summed E-state index contributed by atoms with van der Waals surface area (Å²) in [7, 11) is 0. The van der Waals surface area contributed by atoms with Crippen LogP contribution in [0.1, 0.15) is 44.5 Å². The number of benzene rings is 2. The van der Waals surface area contributed by atoms with Crippen LogP contribution in [0.25, 0.3) is 10.9 Å². The molecule has 1 aliphatic rings. The summed E-state index contributed by atoms with van der Waals surface area (Å²) in [6.45, 7) is 8.30. The molecule has 2 heterocycles. The van der Waals surface area contributed by atoms with Gasteiger partial charge in [0.25, 0.3) is 11.5 Å². The Balaban J connectivity index is 1.70. The number of fused-ring (bicyclic) bond motifs is 1. The molecular weight excluding hydrogens is 700 g/mol. The third-order valence-corrected chi connectivity index (χ3v) is 8.99. The van der Waals surface area contributed by atoms with Crippen LogP contribution in [0.5, 0.6) is 11.5 Å². The molecule has 0 saturated carbocycles. The normalized spacial score (nSPS) is 14.7. The third-order valence-electron chi connectivity index (χ3n) is 6.36.